The number of hydrogen-bond donors (Lipinski definition) is 4. The Morgan fingerprint density at radius 3 is 2.21 bits per heavy atom. The van der Waals surface area contributed by atoms with Gasteiger partial charge in [-0.15, -0.1) is 0 Å². The molecule has 3 amide bonds. The molecule has 47 heavy (non-hydrogen) atoms. The summed E-state index contributed by atoms with van der Waals surface area (Å²) in [5.41, 5.74) is 1.96. The van der Waals surface area contributed by atoms with Gasteiger partial charge in [0.25, 0.3) is 11.8 Å². The summed E-state index contributed by atoms with van der Waals surface area (Å²) in [5, 5.41) is 25.4. The summed E-state index contributed by atoms with van der Waals surface area (Å²) >= 11 is 5.61. The molecule has 12 nitrogen and oxygen atoms in total. The zero-order valence-corrected chi connectivity index (χ0v) is 27.2. The molecule has 248 valence electrons. The Balaban J connectivity index is 0.000000546. The van der Waals surface area contributed by atoms with Crippen molar-refractivity contribution in [2.24, 2.45) is 0 Å². The highest BCUT2D eigenvalue weighted by Crippen LogP contribution is 2.29. The Labute approximate surface area is 277 Å². The lowest BCUT2D eigenvalue weighted by molar-refractivity contribution is -0.130. The maximum Gasteiger partial charge on any atom is 0.287 e. The number of phenolic OH excluding ortho intramolecular Hbond substituents is 2. The van der Waals surface area contributed by atoms with Crippen molar-refractivity contribution in [1.82, 2.24) is 20.4 Å². The van der Waals surface area contributed by atoms with Crippen LogP contribution in [0.15, 0.2) is 75.9 Å². The number of likely N-dealkylation sites (N-methyl/N-ethyl adjacent to an activating group) is 1. The highest BCUT2D eigenvalue weighted by Gasteiger charge is 2.25. The van der Waals surface area contributed by atoms with Crippen LogP contribution in [0.1, 0.15) is 26.5 Å². The number of aromatic hydroxyl groups is 2. The molecule has 0 atom stereocenters. The number of para-hydroxylation sites is 1. The molecular weight excluding hydrogens is 626 g/mol. The molecule has 2 heterocycles. The lowest BCUT2D eigenvalue weighted by atomic mass is 10.1. The molecule has 4 N–H and O–H groups in total. The number of amides is 3. The van der Waals surface area contributed by atoms with Gasteiger partial charge in [-0.05, 0) is 51.4 Å². The molecule has 0 bridgehead atoms. The lowest BCUT2D eigenvalue weighted by Gasteiger charge is -2.37. The van der Waals surface area contributed by atoms with E-state index in [9.17, 15) is 29.4 Å². The van der Waals surface area contributed by atoms with Gasteiger partial charge in [-0.25, -0.2) is 0 Å². The van der Waals surface area contributed by atoms with Crippen molar-refractivity contribution in [2.75, 3.05) is 64.8 Å². The first-order valence-electron chi connectivity index (χ1n) is 15.0. The second-order valence-corrected chi connectivity index (χ2v) is 11.7. The van der Waals surface area contributed by atoms with Gasteiger partial charge in [0.05, 0.1) is 17.5 Å². The fourth-order valence-corrected chi connectivity index (χ4v) is 4.93. The number of carbonyl (C=O) groups excluding carboxylic acids is 3. The average Bonchev–Trinajstić information content (AvgIpc) is 3.06. The summed E-state index contributed by atoms with van der Waals surface area (Å²) < 4.78 is 5.40. The van der Waals surface area contributed by atoms with E-state index in [4.69, 9.17) is 16.0 Å². The minimum absolute atomic E-state index is 0.00316. The number of anilines is 1. The van der Waals surface area contributed by atoms with Crippen molar-refractivity contribution in [3.05, 3.63) is 98.9 Å². The van der Waals surface area contributed by atoms with E-state index >= 15 is 0 Å². The Morgan fingerprint density at radius 2 is 1.55 bits per heavy atom. The van der Waals surface area contributed by atoms with Gasteiger partial charge in [0.2, 0.25) is 5.91 Å². The van der Waals surface area contributed by atoms with Crippen molar-refractivity contribution in [1.29, 1.82) is 0 Å². The molecule has 3 aromatic carbocycles. The van der Waals surface area contributed by atoms with Crippen molar-refractivity contribution >= 4 is 46.0 Å². The fraction of sp³-hybridized carbons (Fsp3) is 0.294. The Kier molecular flexibility index (Phi) is 11.8. The average molecular weight is 664 g/mol. The number of aryl methyl sites for hydroxylation is 1. The maximum absolute atomic E-state index is 12.8. The van der Waals surface area contributed by atoms with Gasteiger partial charge < -0.3 is 40.0 Å². The first-order chi connectivity index (χ1) is 22.4. The van der Waals surface area contributed by atoms with Crippen LogP contribution in [0.4, 0.5) is 5.69 Å². The summed E-state index contributed by atoms with van der Waals surface area (Å²) in [5.74, 6) is -2.52. The van der Waals surface area contributed by atoms with E-state index in [0.29, 0.717) is 38.3 Å². The molecule has 1 aliphatic rings. The molecule has 1 aromatic heterocycles. The zero-order chi connectivity index (χ0) is 34.1. The largest absolute Gasteiger partial charge is 0.504 e. The predicted octanol–water partition coefficient (Wildman–Crippen LogP) is 3.22. The summed E-state index contributed by atoms with van der Waals surface area (Å²) in [6.07, 6.45) is 0. The topological polar surface area (TPSA) is 156 Å². The third kappa shape index (κ3) is 9.47. The SMILES string of the molecule is CN(C)CCNC(=O)c1ccccc1N1CCN(C(=O)CNC(=O)c2cc(=O)c3cc(O)c(O)cc3o2)CC1.Cc1ccc(Cl)cc1. The minimum Gasteiger partial charge on any atom is -0.504 e. The maximum atomic E-state index is 12.8. The van der Waals surface area contributed by atoms with Gasteiger partial charge in [0.1, 0.15) is 5.58 Å². The number of hydrogen-bond acceptors (Lipinski definition) is 9. The van der Waals surface area contributed by atoms with E-state index in [1.54, 1.807) is 11.0 Å². The monoisotopic (exact) mass is 663 g/mol. The summed E-state index contributed by atoms with van der Waals surface area (Å²) in [6, 6.07) is 18.2. The van der Waals surface area contributed by atoms with Gasteiger partial charge in [-0.2, -0.15) is 0 Å². The van der Waals surface area contributed by atoms with Crippen molar-refractivity contribution in [3.63, 3.8) is 0 Å². The molecule has 1 fully saturated rings. The molecular formula is C34H38ClN5O7. The molecule has 0 unspecified atom stereocenters. The van der Waals surface area contributed by atoms with E-state index < -0.39 is 22.8 Å². The van der Waals surface area contributed by atoms with Crippen LogP contribution < -0.4 is 21.0 Å². The second kappa shape index (κ2) is 16.0. The lowest BCUT2D eigenvalue weighted by Crippen LogP contribution is -2.51. The number of halogens is 1. The van der Waals surface area contributed by atoms with Crippen molar-refractivity contribution in [2.45, 2.75) is 6.92 Å². The van der Waals surface area contributed by atoms with Gasteiger partial charge >= 0.3 is 0 Å². The number of rotatable bonds is 8. The van der Waals surface area contributed by atoms with Crippen LogP contribution in [-0.4, -0.2) is 97.6 Å². The van der Waals surface area contributed by atoms with Crippen LogP contribution in [-0.2, 0) is 4.79 Å². The molecule has 1 saturated heterocycles. The van der Waals surface area contributed by atoms with Gasteiger partial charge in [-0.3, -0.25) is 19.2 Å². The standard InChI is InChI=1S/C27H31N5O7.C7H7Cl/c1-30(2)8-7-28-26(37)17-5-3-4-6-19(17)31-9-11-32(12-10-31)25(36)16-29-27(38)24-14-20(33)18-13-21(34)22(35)15-23(18)39-24;1-6-2-4-7(8)5-3-6/h3-6,13-15,34-35H,7-12,16H2,1-2H3,(H,28,37)(H,29,38);2-5H,1H3. The number of nitrogens with one attached hydrogen (secondary N) is 2. The van der Waals surface area contributed by atoms with E-state index in [0.717, 1.165) is 35.5 Å². The molecule has 0 aliphatic carbocycles. The Bertz CT molecular complexity index is 1760. The molecule has 13 heteroatoms. The fourth-order valence-electron chi connectivity index (χ4n) is 4.81. The number of nitrogens with zero attached hydrogens (tertiary/aromatic N) is 3. The van der Waals surface area contributed by atoms with Gasteiger partial charge in [0, 0.05) is 62.1 Å². The first-order valence-corrected chi connectivity index (χ1v) is 15.4. The van der Waals surface area contributed by atoms with E-state index in [2.05, 4.69) is 15.5 Å². The number of carbonyl (C=O) groups is 3. The number of benzene rings is 3. The Hall–Kier alpha value is -5.07. The molecule has 0 radical (unpaired) electrons. The van der Waals surface area contributed by atoms with E-state index in [1.807, 2.05) is 68.4 Å². The van der Waals surface area contributed by atoms with Gasteiger partial charge in [0.15, 0.2) is 22.7 Å². The number of phenols is 2. The smallest absolute Gasteiger partial charge is 0.287 e. The van der Waals surface area contributed by atoms with E-state index in [1.165, 1.54) is 5.56 Å². The Morgan fingerprint density at radius 1 is 0.894 bits per heavy atom. The van der Waals surface area contributed by atoms with Crippen LogP contribution in [0.2, 0.25) is 5.02 Å². The molecule has 4 aromatic rings. The molecule has 5 rings (SSSR count). The third-order valence-corrected chi connectivity index (χ3v) is 7.68. The molecule has 1 aliphatic heterocycles. The summed E-state index contributed by atoms with van der Waals surface area (Å²) in [4.78, 5) is 56.0. The van der Waals surface area contributed by atoms with E-state index in [-0.39, 0.29) is 35.1 Å². The summed E-state index contributed by atoms with van der Waals surface area (Å²) in [7, 11) is 3.87. The van der Waals surface area contributed by atoms with Crippen LogP contribution in [0.25, 0.3) is 11.0 Å². The normalized spacial score (nSPS) is 12.8. The number of piperazine rings is 1. The van der Waals surface area contributed by atoms with Crippen LogP contribution >= 0.6 is 11.6 Å². The summed E-state index contributed by atoms with van der Waals surface area (Å²) in [6.45, 7) is 4.82. The highest BCUT2D eigenvalue weighted by molar-refractivity contribution is 6.30. The van der Waals surface area contributed by atoms with Crippen molar-refractivity contribution < 1.29 is 29.0 Å². The predicted molar refractivity (Wildman–Crippen MR) is 180 cm³/mol. The first kappa shape index (κ1) is 34.8. The number of fused-ring (bicyclic) bond motifs is 1. The zero-order valence-electron chi connectivity index (χ0n) is 26.5. The highest BCUT2D eigenvalue weighted by atomic mass is 35.5. The minimum atomic E-state index is -0.761. The quantitative estimate of drug-likeness (QED) is 0.208. The van der Waals surface area contributed by atoms with Crippen molar-refractivity contribution in [3.8, 4) is 11.5 Å². The third-order valence-electron chi connectivity index (χ3n) is 7.43. The van der Waals surface area contributed by atoms with Crippen LogP contribution in [0.5, 0.6) is 11.5 Å². The van der Waals surface area contributed by atoms with Gasteiger partial charge in [-0.1, -0.05) is 41.4 Å². The molecule has 0 spiro atoms. The second-order valence-electron chi connectivity index (χ2n) is 11.2. The van der Waals surface area contributed by atoms with Crippen LogP contribution in [0.3, 0.4) is 0 Å². The van der Waals surface area contributed by atoms with Crippen LogP contribution in [0, 0.1) is 6.92 Å². The molecule has 0 saturated carbocycles.